The van der Waals surface area contributed by atoms with Crippen LogP contribution in [0.1, 0.15) is 188 Å². The quantitative estimate of drug-likeness (QED) is 0.165. The van der Waals surface area contributed by atoms with Crippen LogP contribution >= 0.6 is 0 Å². The van der Waals surface area contributed by atoms with Crippen molar-refractivity contribution in [2.45, 2.75) is 188 Å². The molecule has 1 aromatic heterocycles. The van der Waals surface area contributed by atoms with E-state index in [2.05, 4.69) is 238 Å². The Morgan fingerprint density at radius 1 is 0.451 bits per heavy atom. The Hall–Kier alpha value is -5.48. The fraction of sp³-hybridized carbons (Fsp3) is 0.433. The van der Waals surface area contributed by atoms with E-state index in [4.69, 9.17) is 4.42 Å². The Bertz CT molecular complexity index is 3330. The SMILES string of the molecule is Cc1cc2c3c(c1)N(c1ccc(C(C)(C)C)cc1)c1oc4ccc(C(C)(C)C)cc4c1B3c1cc3c(cc1N2c1ccc(C(C)(C)C)cc1-c1ccc2c(c1)C(C)(C)CCC2(C)C)C(C)(C)CCC3(C)C. The zero-order valence-electron chi connectivity index (χ0n) is 46.5. The summed E-state index contributed by atoms with van der Waals surface area (Å²) in [6, 6.07) is 41.5. The Balaban J connectivity index is 1.28. The van der Waals surface area contributed by atoms with E-state index in [1.165, 1.54) is 113 Å². The smallest absolute Gasteiger partial charge is 0.257 e. The molecular formula is C67H79BN2O. The van der Waals surface area contributed by atoms with Crippen molar-refractivity contribution in [2.75, 3.05) is 9.80 Å². The fourth-order valence-corrected chi connectivity index (χ4v) is 13.0. The molecule has 7 aromatic rings. The third-order valence-corrected chi connectivity index (χ3v) is 17.9. The highest BCUT2D eigenvalue weighted by Gasteiger charge is 2.49. The van der Waals surface area contributed by atoms with Crippen LogP contribution in [0.4, 0.5) is 34.3 Å². The van der Waals surface area contributed by atoms with E-state index in [9.17, 15) is 0 Å². The van der Waals surface area contributed by atoms with Gasteiger partial charge in [-0.3, -0.25) is 4.90 Å². The second kappa shape index (κ2) is 15.3. The molecule has 0 amide bonds. The predicted molar refractivity (Wildman–Crippen MR) is 307 cm³/mol. The van der Waals surface area contributed by atoms with E-state index in [1.54, 1.807) is 0 Å². The summed E-state index contributed by atoms with van der Waals surface area (Å²) in [7, 11) is 0. The molecule has 0 radical (unpaired) electrons. The highest BCUT2D eigenvalue weighted by Crippen LogP contribution is 2.54. The number of anilines is 6. The van der Waals surface area contributed by atoms with E-state index < -0.39 is 0 Å². The molecule has 0 atom stereocenters. The number of rotatable bonds is 3. The van der Waals surface area contributed by atoms with Gasteiger partial charge in [0.25, 0.3) is 6.71 Å². The molecule has 71 heavy (non-hydrogen) atoms. The average molecular weight is 939 g/mol. The number of fused-ring (bicyclic) bond motifs is 8. The van der Waals surface area contributed by atoms with Crippen molar-refractivity contribution in [1.29, 1.82) is 0 Å². The fourth-order valence-electron chi connectivity index (χ4n) is 13.0. The van der Waals surface area contributed by atoms with Crippen LogP contribution in [-0.2, 0) is 37.9 Å². The Kier molecular flexibility index (Phi) is 10.3. The van der Waals surface area contributed by atoms with Crippen LogP contribution in [0.3, 0.4) is 0 Å². The minimum absolute atomic E-state index is 0.0110. The molecule has 0 saturated heterocycles. The normalized spacial score (nSPS) is 18.4. The second-order valence-corrected chi connectivity index (χ2v) is 28.1. The van der Waals surface area contributed by atoms with E-state index >= 15 is 0 Å². The lowest BCUT2D eigenvalue weighted by atomic mass is 9.33. The van der Waals surface area contributed by atoms with Gasteiger partial charge in [0.1, 0.15) is 5.58 Å². The summed E-state index contributed by atoms with van der Waals surface area (Å²) in [6.07, 6.45) is 4.67. The van der Waals surface area contributed by atoms with Gasteiger partial charge in [0.15, 0.2) is 0 Å². The number of hydrogen-bond acceptors (Lipinski definition) is 3. The van der Waals surface area contributed by atoms with Gasteiger partial charge in [-0.05, 0) is 186 Å². The molecule has 0 saturated carbocycles. The van der Waals surface area contributed by atoms with Gasteiger partial charge < -0.3 is 9.32 Å². The van der Waals surface area contributed by atoms with Gasteiger partial charge in [0, 0.05) is 39.2 Å². The predicted octanol–water partition coefficient (Wildman–Crippen LogP) is 17.1. The summed E-state index contributed by atoms with van der Waals surface area (Å²) >= 11 is 0. The van der Waals surface area contributed by atoms with Crippen LogP contribution in [0.2, 0.25) is 0 Å². The summed E-state index contributed by atoms with van der Waals surface area (Å²) in [6.45, 7) is 42.9. The molecule has 4 aliphatic rings. The molecule has 2 aliphatic carbocycles. The van der Waals surface area contributed by atoms with Gasteiger partial charge in [-0.15, -0.1) is 0 Å². The standard InChI is InChI=1S/C67H79BN2O/c1-40-33-55-59-56(34-40)70(53-27-22-43(62(5,6)7)36-46(53)41-19-26-48-49(35-41)65(13,14)30-29-64(48,11)12)54-39-51-50(66(15,16)31-32-67(51,17)18)38-52(54)68(59)58-47-37-44(63(8,9)10)23-28-57(47)71-60(58)69(55)45-24-20-42(21-25-45)61(2,3)4/h19-28,33-39H,29-32H2,1-18H3. The summed E-state index contributed by atoms with van der Waals surface area (Å²) in [4.78, 5) is 5.17. The van der Waals surface area contributed by atoms with E-state index in [0.717, 1.165) is 30.0 Å². The maximum atomic E-state index is 7.34. The third kappa shape index (κ3) is 7.49. The molecule has 0 unspecified atom stereocenters. The Morgan fingerprint density at radius 2 is 0.958 bits per heavy atom. The topological polar surface area (TPSA) is 19.6 Å². The molecular weight excluding hydrogens is 860 g/mol. The van der Waals surface area contributed by atoms with Gasteiger partial charge in [0.2, 0.25) is 5.88 Å². The van der Waals surface area contributed by atoms with Crippen LogP contribution in [0, 0.1) is 6.92 Å². The lowest BCUT2D eigenvalue weighted by Crippen LogP contribution is -2.61. The molecule has 0 bridgehead atoms. The lowest BCUT2D eigenvalue weighted by molar-refractivity contribution is 0.332. The molecule has 0 N–H and O–H groups in total. The molecule has 4 heteroatoms. The van der Waals surface area contributed by atoms with E-state index in [1.807, 2.05) is 0 Å². The molecule has 3 heterocycles. The van der Waals surface area contributed by atoms with Gasteiger partial charge in [-0.1, -0.05) is 166 Å². The van der Waals surface area contributed by atoms with Crippen molar-refractivity contribution in [2.24, 2.45) is 0 Å². The van der Waals surface area contributed by atoms with Crippen molar-refractivity contribution in [3.8, 4) is 11.1 Å². The summed E-state index contributed by atoms with van der Waals surface area (Å²) in [5.74, 6) is 0.926. The average Bonchev–Trinajstić information content (AvgIpc) is 3.66. The van der Waals surface area contributed by atoms with E-state index in [-0.39, 0.29) is 44.6 Å². The maximum absolute atomic E-state index is 7.34. The molecule has 6 aromatic carbocycles. The van der Waals surface area contributed by atoms with Crippen molar-refractivity contribution >= 4 is 68.4 Å². The third-order valence-electron chi connectivity index (χ3n) is 17.9. The molecule has 2 aliphatic heterocycles. The van der Waals surface area contributed by atoms with Crippen LogP contribution in [0.25, 0.3) is 22.1 Å². The van der Waals surface area contributed by atoms with Crippen LogP contribution in [-0.4, -0.2) is 6.71 Å². The van der Waals surface area contributed by atoms with Crippen molar-refractivity contribution in [3.63, 3.8) is 0 Å². The number of hydrogen-bond donors (Lipinski definition) is 0. The van der Waals surface area contributed by atoms with Gasteiger partial charge >= 0.3 is 0 Å². The summed E-state index contributed by atoms with van der Waals surface area (Å²) < 4.78 is 7.34. The van der Waals surface area contributed by atoms with Crippen LogP contribution in [0.15, 0.2) is 108 Å². The molecule has 0 spiro atoms. The first-order valence-electron chi connectivity index (χ1n) is 26.9. The largest absolute Gasteiger partial charge is 0.440 e. The number of nitrogens with zero attached hydrogens (tertiary/aromatic N) is 2. The molecule has 3 nitrogen and oxygen atoms in total. The first kappa shape index (κ1) is 47.8. The minimum atomic E-state index is -0.0707. The van der Waals surface area contributed by atoms with Crippen molar-refractivity contribution < 1.29 is 4.42 Å². The zero-order valence-corrected chi connectivity index (χ0v) is 46.5. The highest BCUT2D eigenvalue weighted by molar-refractivity contribution is 7.01. The highest BCUT2D eigenvalue weighted by atomic mass is 16.4. The monoisotopic (exact) mass is 939 g/mol. The molecule has 366 valence electrons. The number of benzene rings is 6. The first-order valence-corrected chi connectivity index (χ1v) is 26.9. The van der Waals surface area contributed by atoms with E-state index in [0.29, 0.717) is 0 Å². The van der Waals surface area contributed by atoms with Crippen molar-refractivity contribution in [3.05, 3.63) is 148 Å². The number of furan rings is 1. The van der Waals surface area contributed by atoms with Gasteiger partial charge in [0.05, 0.1) is 5.69 Å². The number of aryl methyl sites for hydroxylation is 1. The summed E-state index contributed by atoms with van der Waals surface area (Å²) in [5, 5.41) is 1.21. The van der Waals surface area contributed by atoms with Crippen LogP contribution < -0.4 is 26.2 Å². The lowest BCUT2D eigenvalue weighted by Gasteiger charge is -2.47. The zero-order chi connectivity index (χ0) is 50.9. The minimum Gasteiger partial charge on any atom is -0.440 e. The Labute approximate surface area is 427 Å². The molecule has 11 rings (SSSR count). The second-order valence-electron chi connectivity index (χ2n) is 28.1. The van der Waals surface area contributed by atoms with Gasteiger partial charge in [-0.25, -0.2) is 0 Å². The molecule has 0 fully saturated rings. The summed E-state index contributed by atoms with van der Waals surface area (Å²) in [5.41, 5.74) is 24.9. The first-order chi connectivity index (χ1) is 33.0. The Morgan fingerprint density at radius 3 is 1.55 bits per heavy atom. The van der Waals surface area contributed by atoms with Crippen molar-refractivity contribution in [1.82, 2.24) is 0 Å². The van der Waals surface area contributed by atoms with Gasteiger partial charge in [-0.2, -0.15) is 0 Å². The van der Waals surface area contributed by atoms with Crippen LogP contribution in [0.5, 0.6) is 0 Å². The maximum Gasteiger partial charge on any atom is 0.257 e.